The van der Waals surface area contributed by atoms with Gasteiger partial charge in [-0.1, -0.05) is 12.8 Å². The number of aliphatic hydroxyl groups excluding tert-OH is 1. The van der Waals surface area contributed by atoms with Crippen molar-refractivity contribution in [2.45, 2.75) is 37.8 Å². The van der Waals surface area contributed by atoms with E-state index < -0.39 is 0 Å². The fourth-order valence-corrected chi connectivity index (χ4v) is 3.34. The quantitative estimate of drug-likeness (QED) is 0.831. The first-order valence-electron chi connectivity index (χ1n) is 8.31. The second-order valence-corrected chi connectivity index (χ2v) is 6.68. The van der Waals surface area contributed by atoms with Crippen molar-refractivity contribution >= 4 is 5.95 Å². The lowest BCUT2D eigenvalue weighted by Crippen LogP contribution is -2.46. The van der Waals surface area contributed by atoms with Gasteiger partial charge in [-0.15, -0.1) is 0 Å². The molecule has 0 bridgehead atoms. The first-order valence-corrected chi connectivity index (χ1v) is 8.31. The van der Waals surface area contributed by atoms with Crippen molar-refractivity contribution in [3.05, 3.63) is 18.0 Å². The van der Waals surface area contributed by atoms with Crippen LogP contribution >= 0.6 is 0 Å². The normalized spacial score (nSPS) is 22.2. The summed E-state index contributed by atoms with van der Waals surface area (Å²) in [7, 11) is 2.15. The zero-order valence-electron chi connectivity index (χ0n) is 13.5. The van der Waals surface area contributed by atoms with Crippen LogP contribution in [0, 0.1) is 0 Å². The van der Waals surface area contributed by atoms with Crippen molar-refractivity contribution in [3.8, 4) is 0 Å². The van der Waals surface area contributed by atoms with E-state index in [1.54, 1.807) is 0 Å². The fraction of sp³-hybridized carbons (Fsp3) is 0.750. The molecule has 2 N–H and O–H groups in total. The summed E-state index contributed by atoms with van der Waals surface area (Å²) in [4.78, 5) is 13.6. The third kappa shape index (κ3) is 3.56. The SMILES string of the molecule is CN1CCN(c2ncc(CNC3(CO)CCCC3)cn2)CC1. The van der Waals surface area contributed by atoms with E-state index in [9.17, 15) is 5.11 Å². The van der Waals surface area contributed by atoms with Gasteiger partial charge < -0.3 is 20.2 Å². The molecule has 1 aliphatic heterocycles. The lowest BCUT2D eigenvalue weighted by atomic mass is 9.99. The number of nitrogens with one attached hydrogen (secondary N) is 1. The van der Waals surface area contributed by atoms with Crippen molar-refractivity contribution < 1.29 is 5.11 Å². The van der Waals surface area contributed by atoms with Gasteiger partial charge in [0, 0.05) is 56.2 Å². The molecule has 0 unspecified atom stereocenters. The highest BCUT2D eigenvalue weighted by Crippen LogP contribution is 2.29. The third-order valence-electron chi connectivity index (χ3n) is 5.01. The summed E-state index contributed by atoms with van der Waals surface area (Å²) in [5.74, 6) is 0.828. The van der Waals surface area contributed by atoms with Crippen molar-refractivity contribution in [3.63, 3.8) is 0 Å². The number of aromatic nitrogens is 2. The maximum absolute atomic E-state index is 9.63. The first kappa shape index (κ1) is 15.6. The van der Waals surface area contributed by atoms with Crippen LogP contribution < -0.4 is 10.2 Å². The van der Waals surface area contributed by atoms with Gasteiger partial charge in [-0.3, -0.25) is 0 Å². The molecule has 1 saturated carbocycles. The summed E-state index contributed by atoms with van der Waals surface area (Å²) in [6, 6.07) is 0. The highest BCUT2D eigenvalue weighted by molar-refractivity contribution is 5.30. The lowest BCUT2D eigenvalue weighted by Gasteiger charge is -2.32. The minimum Gasteiger partial charge on any atom is -0.394 e. The van der Waals surface area contributed by atoms with Crippen LogP contribution in [0.2, 0.25) is 0 Å². The molecule has 1 saturated heterocycles. The number of hydrogen-bond donors (Lipinski definition) is 2. The molecular weight excluding hydrogens is 278 g/mol. The topological polar surface area (TPSA) is 64.5 Å². The molecule has 0 amide bonds. The Morgan fingerprint density at radius 2 is 1.77 bits per heavy atom. The summed E-state index contributed by atoms with van der Waals surface area (Å²) < 4.78 is 0. The maximum atomic E-state index is 9.63. The molecule has 3 rings (SSSR count). The lowest BCUT2D eigenvalue weighted by molar-refractivity contribution is 0.163. The molecule has 6 nitrogen and oxygen atoms in total. The van der Waals surface area contributed by atoms with Crippen molar-refractivity contribution in [1.82, 2.24) is 20.2 Å². The van der Waals surface area contributed by atoms with Crippen LogP contribution in [0.15, 0.2) is 12.4 Å². The van der Waals surface area contributed by atoms with Crippen LogP contribution in [0.4, 0.5) is 5.95 Å². The molecule has 122 valence electrons. The van der Waals surface area contributed by atoms with Crippen LogP contribution in [0.5, 0.6) is 0 Å². The van der Waals surface area contributed by atoms with E-state index in [1.165, 1.54) is 12.8 Å². The molecule has 6 heteroatoms. The van der Waals surface area contributed by atoms with Crippen LogP contribution in [-0.2, 0) is 6.54 Å². The van der Waals surface area contributed by atoms with E-state index in [2.05, 4.69) is 32.1 Å². The molecule has 0 atom stereocenters. The van der Waals surface area contributed by atoms with E-state index in [0.29, 0.717) is 0 Å². The largest absolute Gasteiger partial charge is 0.394 e. The predicted molar refractivity (Wildman–Crippen MR) is 86.9 cm³/mol. The van der Waals surface area contributed by atoms with Crippen molar-refractivity contribution in [2.75, 3.05) is 44.7 Å². The molecule has 1 aromatic heterocycles. The van der Waals surface area contributed by atoms with Gasteiger partial charge in [-0.2, -0.15) is 0 Å². The van der Waals surface area contributed by atoms with Crippen LogP contribution in [0.25, 0.3) is 0 Å². The number of anilines is 1. The molecule has 22 heavy (non-hydrogen) atoms. The molecule has 2 aliphatic rings. The summed E-state index contributed by atoms with van der Waals surface area (Å²) >= 11 is 0. The van der Waals surface area contributed by atoms with E-state index in [4.69, 9.17) is 0 Å². The second kappa shape index (κ2) is 6.89. The summed E-state index contributed by atoms with van der Waals surface area (Å²) in [6.45, 7) is 5.04. The monoisotopic (exact) mass is 305 g/mol. The van der Waals surface area contributed by atoms with E-state index in [1.807, 2.05) is 12.4 Å². The minimum atomic E-state index is -0.0872. The number of piperazine rings is 1. The van der Waals surface area contributed by atoms with Gasteiger partial charge in [-0.25, -0.2) is 9.97 Å². The Morgan fingerprint density at radius 1 is 1.14 bits per heavy atom. The summed E-state index contributed by atoms with van der Waals surface area (Å²) in [5, 5.41) is 13.1. The van der Waals surface area contributed by atoms with Gasteiger partial charge >= 0.3 is 0 Å². The molecule has 1 aromatic rings. The zero-order chi connectivity index (χ0) is 15.4. The van der Waals surface area contributed by atoms with Crippen molar-refractivity contribution in [2.24, 2.45) is 0 Å². The Morgan fingerprint density at radius 3 is 2.36 bits per heavy atom. The summed E-state index contributed by atoms with van der Waals surface area (Å²) in [5.41, 5.74) is 0.994. The number of rotatable bonds is 5. The fourth-order valence-electron chi connectivity index (χ4n) is 3.34. The molecule has 0 spiro atoms. The number of nitrogens with zero attached hydrogens (tertiary/aromatic N) is 4. The van der Waals surface area contributed by atoms with Gasteiger partial charge in [0.2, 0.25) is 5.95 Å². The van der Waals surface area contributed by atoms with Gasteiger partial charge in [0.05, 0.1) is 6.61 Å². The molecule has 0 radical (unpaired) electrons. The van der Waals surface area contributed by atoms with Gasteiger partial charge in [0.15, 0.2) is 0 Å². The van der Waals surface area contributed by atoms with E-state index in [-0.39, 0.29) is 12.1 Å². The molecule has 1 aliphatic carbocycles. The average Bonchev–Trinajstić information content (AvgIpc) is 3.04. The second-order valence-electron chi connectivity index (χ2n) is 6.68. The Bertz CT molecular complexity index is 464. The Hall–Kier alpha value is -1.24. The van der Waals surface area contributed by atoms with E-state index in [0.717, 1.165) is 57.1 Å². The molecule has 2 fully saturated rings. The average molecular weight is 305 g/mol. The van der Waals surface area contributed by atoms with E-state index >= 15 is 0 Å². The molecule has 2 heterocycles. The Labute approximate surface area is 132 Å². The highest BCUT2D eigenvalue weighted by atomic mass is 16.3. The van der Waals surface area contributed by atoms with Crippen molar-refractivity contribution in [1.29, 1.82) is 0 Å². The van der Waals surface area contributed by atoms with Gasteiger partial charge in [-0.05, 0) is 19.9 Å². The number of hydrogen-bond acceptors (Lipinski definition) is 6. The molecular formula is C16H27N5O. The smallest absolute Gasteiger partial charge is 0.225 e. The minimum absolute atomic E-state index is 0.0872. The Balaban J connectivity index is 1.55. The predicted octanol–water partition coefficient (Wildman–Crippen LogP) is 0.623. The number of likely N-dealkylation sites (N-methyl/N-ethyl adjacent to an activating group) is 1. The summed E-state index contributed by atoms with van der Waals surface area (Å²) in [6.07, 6.45) is 8.34. The maximum Gasteiger partial charge on any atom is 0.225 e. The third-order valence-corrected chi connectivity index (χ3v) is 5.01. The molecule has 0 aromatic carbocycles. The number of aliphatic hydroxyl groups is 1. The highest BCUT2D eigenvalue weighted by Gasteiger charge is 2.32. The van der Waals surface area contributed by atoms with Crippen LogP contribution in [0.1, 0.15) is 31.2 Å². The van der Waals surface area contributed by atoms with Crippen LogP contribution in [0.3, 0.4) is 0 Å². The zero-order valence-corrected chi connectivity index (χ0v) is 13.5. The first-order chi connectivity index (χ1) is 10.7. The van der Waals surface area contributed by atoms with Crippen LogP contribution in [-0.4, -0.2) is 65.3 Å². The van der Waals surface area contributed by atoms with Gasteiger partial charge in [0.1, 0.15) is 0 Å². The van der Waals surface area contributed by atoms with Gasteiger partial charge in [0.25, 0.3) is 0 Å². The standard InChI is InChI=1S/C16H27N5O/c1-20-6-8-21(9-7-20)15-17-10-14(11-18-15)12-19-16(13-22)4-2-3-5-16/h10-11,19,22H,2-9,12-13H2,1H3. The Kier molecular flexibility index (Phi) is 4.90.